The van der Waals surface area contributed by atoms with E-state index in [1.54, 1.807) is 6.07 Å². The Morgan fingerprint density at radius 1 is 1.10 bits per heavy atom. The van der Waals surface area contributed by atoms with E-state index in [0.29, 0.717) is 0 Å². The van der Waals surface area contributed by atoms with Gasteiger partial charge in [0.25, 0.3) is 0 Å². The van der Waals surface area contributed by atoms with E-state index in [2.05, 4.69) is 16.3 Å². The van der Waals surface area contributed by atoms with Gasteiger partial charge < -0.3 is 10.2 Å². The highest BCUT2D eigenvalue weighted by Gasteiger charge is 2.21. The Hall–Kier alpha value is -1.88. The van der Waals surface area contributed by atoms with Crippen LogP contribution in [0.4, 0.5) is 10.2 Å². The quantitative estimate of drug-likeness (QED) is 0.854. The first kappa shape index (κ1) is 11.9. The molecule has 2 aliphatic rings. The maximum atomic E-state index is 13.3. The van der Waals surface area contributed by atoms with E-state index >= 15 is 0 Å². The van der Waals surface area contributed by atoms with Gasteiger partial charge in [0.15, 0.2) is 5.82 Å². The molecule has 0 unspecified atom stereocenters. The van der Waals surface area contributed by atoms with Crippen LogP contribution >= 0.6 is 0 Å². The molecule has 4 rings (SSSR count). The standard InChI is InChI=1S/C15H17FN4/c16-12-2-4-14-11(9-12)1-3-13-10-15(18-20(13)14)19-7-5-17-6-8-19/h2,4,9-10,17H,1,3,5-8H2. The molecule has 0 saturated carbocycles. The summed E-state index contributed by atoms with van der Waals surface area (Å²) in [5, 5.41) is 8.09. The van der Waals surface area contributed by atoms with E-state index in [1.165, 1.54) is 11.8 Å². The number of hydrogen-bond acceptors (Lipinski definition) is 3. The summed E-state index contributed by atoms with van der Waals surface area (Å²) >= 11 is 0. The first-order valence-electron chi connectivity index (χ1n) is 7.15. The summed E-state index contributed by atoms with van der Waals surface area (Å²) in [5.41, 5.74) is 3.29. The molecule has 5 heteroatoms. The van der Waals surface area contributed by atoms with Crippen molar-refractivity contribution in [3.63, 3.8) is 0 Å². The molecule has 1 aromatic heterocycles. The second-order valence-electron chi connectivity index (χ2n) is 5.42. The van der Waals surface area contributed by atoms with E-state index in [0.717, 1.165) is 56.1 Å². The van der Waals surface area contributed by atoms with Crippen LogP contribution in [0.1, 0.15) is 11.3 Å². The van der Waals surface area contributed by atoms with Crippen molar-refractivity contribution in [3.8, 4) is 5.69 Å². The van der Waals surface area contributed by atoms with Crippen LogP contribution in [0.25, 0.3) is 5.69 Å². The lowest BCUT2D eigenvalue weighted by Crippen LogP contribution is -2.43. The number of nitrogens with one attached hydrogen (secondary N) is 1. The van der Waals surface area contributed by atoms with Gasteiger partial charge in [0.1, 0.15) is 5.82 Å². The van der Waals surface area contributed by atoms with Gasteiger partial charge >= 0.3 is 0 Å². The maximum Gasteiger partial charge on any atom is 0.151 e. The summed E-state index contributed by atoms with van der Waals surface area (Å²) < 4.78 is 15.3. The number of nitrogens with zero attached hydrogens (tertiary/aromatic N) is 3. The van der Waals surface area contributed by atoms with Crippen LogP contribution in [-0.4, -0.2) is 36.0 Å². The lowest BCUT2D eigenvalue weighted by Gasteiger charge is -2.27. The van der Waals surface area contributed by atoms with Crippen LogP contribution < -0.4 is 10.2 Å². The van der Waals surface area contributed by atoms with Gasteiger partial charge in [-0.3, -0.25) is 0 Å². The van der Waals surface area contributed by atoms with Crippen molar-refractivity contribution in [2.24, 2.45) is 0 Å². The third-order valence-electron chi connectivity index (χ3n) is 4.13. The van der Waals surface area contributed by atoms with Gasteiger partial charge in [0.2, 0.25) is 0 Å². The molecule has 0 spiro atoms. The monoisotopic (exact) mass is 272 g/mol. The second-order valence-corrected chi connectivity index (χ2v) is 5.42. The van der Waals surface area contributed by atoms with Crippen molar-refractivity contribution in [1.29, 1.82) is 0 Å². The smallest absolute Gasteiger partial charge is 0.151 e. The molecular weight excluding hydrogens is 255 g/mol. The predicted octanol–water partition coefficient (Wildman–Crippen LogP) is 1.52. The summed E-state index contributed by atoms with van der Waals surface area (Å²) in [6, 6.07) is 7.16. The van der Waals surface area contributed by atoms with Gasteiger partial charge in [-0.1, -0.05) is 0 Å². The number of rotatable bonds is 1. The molecule has 1 N–H and O–H groups in total. The Balaban J connectivity index is 1.74. The Kier molecular flexibility index (Phi) is 2.73. The number of hydrogen-bond donors (Lipinski definition) is 1. The fourth-order valence-corrected chi connectivity index (χ4v) is 3.06. The van der Waals surface area contributed by atoms with Crippen LogP contribution in [0.5, 0.6) is 0 Å². The normalized spacial score (nSPS) is 17.8. The van der Waals surface area contributed by atoms with Crippen LogP contribution in [0, 0.1) is 5.82 Å². The largest absolute Gasteiger partial charge is 0.353 e. The van der Waals surface area contributed by atoms with Crippen LogP contribution in [0.3, 0.4) is 0 Å². The minimum Gasteiger partial charge on any atom is -0.353 e. The number of aryl methyl sites for hydroxylation is 2. The van der Waals surface area contributed by atoms with Crippen molar-refractivity contribution >= 4 is 5.82 Å². The topological polar surface area (TPSA) is 33.1 Å². The summed E-state index contributed by atoms with van der Waals surface area (Å²) in [5.74, 6) is 0.875. The van der Waals surface area contributed by atoms with Crippen LogP contribution in [0.2, 0.25) is 0 Å². The average molecular weight is 272 g/mol. The third kappa shape index (κ3) is 1.89. The number of fused-ring (bicyclic) bond motifs is 3. The van der Waals surface area contributed by atoms with Gasteiger partial charge in [-0.25, -0.2) is 9.07 Å². The molecule has 0 atom stereocenters. The first-order chi connectivity index (χ1) is 9.81. The molecule has 1 fully saturated rings. The van der Waals surface area contributed by atoms with Crippen LogP contribution in [-0.2, 0) is 12.8 Å². The van der Waals surface area contributed by atoms with E-state index in [1.807, 2.05) is 10.7 Å². The van der Waals surface area contributed by atoms with E-state index in [-0.39, 0.29) is 5.82 Å². The van der Waals surface area contributed by atoms with Crippen molar-refractivity contribution in [2.45, 2.75) is 12.8 Å². The Labute approximate surface area is 117 Å². The fraction of sp³-hybridized carbons (Fsp3) is 0.400. The summed E-state index contributed by atoms with van der Waals surface area (Å²) in [4.78, 5) is 2.31. The minimum absolute atomic E-state index is 0.165. The van der Waals surface area contributed by atoms with Gasteiger partial charge in [-0.2, -0.15) is 5.10 Å². The number of piperazine rings is 1. The summed E-state index contributed by atoms with van der Waals surface area (Å²) in [6.07, 6.45) is 1.81. The predicted molar refractivity (Wildman–Crippen MR) is 76.0 cm³/mol. The minimum atomic E-state index is -0.165. The molecule has 20 heavy (non-hydrogen) atoms. The van der Waals surface area contributed by atoms with Crippen molar-refractivity contribution < 1.29 is 4.39 Å². The Morgan fingerprint density at radius 2 is 1.95 bits per heavy atom. The molecule has 0 bridgehead atoms. The highest BCUT2D eigenvalue weighted by molar-refractivity contribution is 5.50. The van der Waals surface area contributed by atoms with Crippen LogP contribution in [0.15, 0.2) is 24.3 Å². The second kappa shape index (κ2) is 4.59. The molecule has 104 valence electrons. The van der Waals surface area contributed by atoms with Gasteiger partial charge in [0, 0.05) is 37.9 Å². The maximum absolute atomic E-state index is 13.3. The molecule has 1 aromatic carbocycles. The number of benzene rings is 1. The Bertz CT molecular complexity index is 643. The molecule has 0 aliphatic carbocycles. The molecule has 0 radical (unpaired) electrons. The molecule has 3 heterocycles. The molecule has 4 nitrogen and oxygen atoms in total. The zero-order valence-corrected chi connectivity index (χ0v) is 11.3. The van der Waals surface area contributed by atoms with E-state index in [9.17, 15) is 4.39 Å². The average Bonchev–Trinajstić information content (AvgIpc) is 2.92. The SMILES string of the molecule is Fc1ccc2c(c1)CCc1cc(N3CCNCC3)nn1-2. The first-order valence-corrected chi connectivity index (χ1v) is 7.15. The van der Waals surface area contributed by atoms with Crippen molar-refractivity contribution in [2.75, 3.05) is 31.1 Å². The molecule has 0 amide bonds. The zero-order chi connectivity index (χ0) is 13.5. The third-order valence-corrected chi connectivity index (χ3v) is 4.13. The van der Waals surface area contributed by atoms with E-state index in [4.69, 9.17) is 5.10 Å². The lowest BCUT2D eigenvalue weighted by molar-refractivity contribution is 0.582. The molecular formula is C15H17FN4. The fourth-order valence-electron chi connectivity index (χ4n) is 3.06. The van der Waals surface area contributed by atoms with Gasteiger partial charge in [0.05, 0.1) is 5.69 Å². The van der Waals surface area contributed by atoms with Crippen molar-refractivity contribution in [1.82, 2.24) is 15.1 Å². The van der Waals surface area contributed by atoms with Gasteiger partial charge in [-0.15, -0.1) is 0 Å². The molecule has 2 aromatic rings. The number of aromatic nitrogens is 2. The molecule has 2 aliphatic heterocycles. The number of halogens is 1. The van der Waals surface area contributed by atoms with Crippen molar-refractivity contribution in [3.05, 3.63) is 41.3 Å². The van der Waals surface area contributed by atoms with E-state index < -0.39 is 0 Å². The number of anilines is 1. The zero-order valence-electron chi connectivity index (χ0n) is 11.3. The highest BCUT2D eigenvalue weighted by Crippen LogP contribution is 2.28. The lowest BCUT2D eigenvalue weighted by atomic mass is 10.0. The molecule has 1 saturated heterocycles. The summed E-state index contributed by atoms with van der Waals surface area (Å²) in [6.45, 7) is 3.99. The summed E-state index contributed by atoms with van der Waals surface area (Å²) in [7, 11) is 0. The highest BCUT2D eigenvalue weighted by atomic mass is 19.1. The Morgan fingerprint density at radius 3 is 2.80 bits per heavy atom. The van der Waals surface area contributed by atoms with Gasteiger partial charge in [-0.05, 0) is 36.6 Å².